The number of aromatic nitrogens is 2. The number of hydrogen-bond acceptors (Lipinski definition) is 4. The molecule has 0 aliphatic carbocycles. The summed E-state index contributed by atoms with van der Waals surface area (Å²) in [4.78, 5) is 12.5. The van der Waals surface area contributed by atoms with Crippen LogP contribution in [-0.4, -0.2) is 28.0 Å². The molecule has 1 fully saturated rings. The zero-order valence-corrected chi connectivity index (χ0v) is 12.8. The summed E-state index contributed by atoms with van der Waals surface area (Å²) in [6, 6.07) is 1.98. The van der Waals surface area contributed by atoms with Crippen molar-refractivity contribution in [2.24, 2.45) is 11.8 Å². The molecule has 102 valence electrons. The van der Waals surface area contributed by atoms with E-state index in [9.17, 15) is 0 Å². The zero-order chi connectivity index (χ0) is 13.4. The molecule has 0 saturated carbocycles. The van der Waals surface area contributed by atoms with Crippen LogP contribution in [0.1, 0.15) is 26.1 Å². The van der Waals surface area contributed by atoms with Crippen LogP contribution in [0.3, 0.4) is 0 Å². The van der Waals surface area contributed by atoms with Gasteiger partial charge in [-0.25, -0.2) is 9.97 Å². The summed E-state index contributed by atoms with van der Waals surface area (Å²) in [5, 5.41) is 3.57. The van der Waals surface area contributed by atoms with Gasteiger partial charge in [0, 0.05) is 11.9 Å². The highest BCUT2D eigenvalue weighted by molar-refractivity contribution is 7.16. The zero-order valence-electron chi connectivity index (χ0n) is 11.3. The summed E-state index contributed by atoms with van der Waals surface area (Å²) in [6.07, 6.45) is 1.28. The summed E-state index contributed by atoms with van der Waals surface area (Å²) < 4.78 is 0. The molecule has 1 saturated heterocycles. The molecule has 0 radical (unpaired) electrons. The van der Waals surface area contributed by atoms with E-state index >= 15 is 0 Å². The Balaban J connectivity index is 1.75. The molecule has 3 rings (SSSR count). The van der Waals surface area contributed by atoms with Crippen molar-refractivity contribution >= 4 is 33.2 Å². The minimum Gasteiger partial charge on any atom is -0.296 e. The van der Waals surface area contributed by atoms with E-state index in [0.29, 0.717) is 5.15 Å². The molecule has 2 aromatic heterocycles. The number of fused-ring (bicyclic) bond motifs is 1. The fourth-order valence-electron chi connectivity index (χ4n) is 2.68. The Morgan fingerprint density at radius 2 is 2.32 bits per heavy atom. The summed E-state index contributed by atoms with van der Waals surface area (Å²) in [6.45, 7) is 7.72. The highest BCUT2D eigenvalue weighted by Gasteiger charge is 2.25. The second-order valence-electron chi connectivity index (χ2n) is 5.60. The van der Waals surface area contributed by atoms with Crippen molar-refractivity contribution in [3.05, 3.63) is 22.4 Å². The van der Waals surface area contributed by atoms with E-state index in [-0.39, 0.29) is 0 Å². The van der Waals surface area contributed by atoms with Gasteiger partial charge in [0.1, 0.15) is 15.8 Å². The topological polar surface area (TPSA) is 29.0 Å². The molecule has 0 amide bonds. The molecule has 0 aromatic carbocycles. The number of hydrogen-bond donors (Lipinski definition) is 0. The van der Waals surface area contributed by atoms with E-state index < -0.39 is 0 Å². The van der Waals surface area contributed by atoms with Crippen LogP contribution in [0.25, 0.3) is 10.2 Å². The smallest absolute Gasteiger partial charge is 0.145 e. The molecule has 1 unspecified atom stereocenters. The second-order valence-corrected chi connectivity index (χ2v) is 6.85. The number of halogens is 1. The van der Waals surface area contributed by atoms with E-state index in [0.717, 1.165) is 47.5 Å². The molecule has 0 N–H and O–H groups in total. The molecular formula is C14H18ClN3S. The molecule has 3 nitrogen and oxygen atoms in total. The minimum absolute atomic E-state index is 0.584. The van der Waals surface area contributed by atoms with E-state index in [1.165, 1.54) is 6.42 Å². The molecule has 19 heavy (non-hydrogen) atoms. The van der Waals surface area contributed by atoms with Crippen LogP contribution in [0, 0.1) is 11.8 Å². The maximum absolute atomic E-state index is 6.21. The van der Waals surface area contributed by atoms with Gasteiger partial charge >= 0.3 is 0 Å². The van der Waals surface area contributed by atoms with Gasteiger partial charge in [0.2, 0.25) is 0 Å². The summed E-state index contributed by atoms with van der Waals surface area (Å²) in [5.74, 6) is 2.42. The van der Waals surface area contributed by atoms with Gasteiger partial charge in [-0.05, 0) is 36.2 Å². The molecule has 1 aliphatic rings. The van der Waals surface area contributed by atoms with Crippen LogP contribution in [0.15, 0.2) is 11.4 Å². The molecule has 0 spiro atoms. The van der Waals surface area contributed by atoms with Crippen molar-refractivity contribution in [1.29, 1.82) is 0 Å². The van der Waals surface area contributed by atoms with Gasteiger partial charge in [0.05, 0.1) is 6.54 Å². The maximum atomic E-state index is 6.21. The van der Waals surface area contributed by atoms with Crippen LogP contribution in [-0.2, 0) is 6.54 Å². The molecular weight excluding hydrogens is 278 g/mol. The Labute approximate surface area is 122 Å². The van der Waals surface area contributed by atoms with Gasteiger partial charge in [-0.3, -0.25) is 4.90 Å². The quantitative estimate of drug-likeness (QED) is 0.806. The van der Waals surface area contributed by atoms with Crippen LogP contribution < -0.4 is 0 Å². The third-order valence-electron chi connectivity index (χ3n) is 3.94. The Morgan fingerprint density at radius 1 is 1.47 bits per heavy atom. The van der Waals surface area contributed by atoms with Gasteiger partial charge in [0.15, 0.2) is 0 Å². The Bertz CT molecular complexity index is 581. The molecule has 3 heterocycles. The van der Waals surface area contributed by atoms with E-state index in [2.05, 4.69) is 28.7 Å². The third kappa shape index (κ3) is 2.76. The van der Waals surface area contributed by atoms with Crippen molar-refractivity contribution in [3.63, 3.8) is 0 Å². The molecule has 1 atom stereocenters. The largest absolute Gasteiger partial charge is 0.296 e. The highest BCUT2D eigenvalue weighted by atomic mass is 35.5. The van der Waals surface area contributed by atoms with Crippen LogP contribution in [0.2, 0.25) is 5.15 Å². The first-order valence-electron chi connectivity index (χ1n) is 6.75. The van der Waals surface area contributed by atoms with Crippen molar-refractivity contribution in [1.82, 2.24) is 14.9 Å². The van der Waals surface area contributed by atoms with E-state index in [1.54, 1.807) is 11.3 Å². The average Bonchev–Trinajstić information content (AvgIpc) is 2.97. The normalized spacial score (nSPS) is 20.7. The van der Waals surface area contributed by atoms with Crippen molar-refractivity contribution in [3.8, 4) is 0 Å². The molecule has 2 aromatic rings. The lowest BCUT2D eigenvalue weighted by Gasteiger charge is -2.17. The number of thiophene rings is 1. The number of rotatable bonds is 3. The molecule has 5 heteroatoms. The Morgan fingerprint density at radius 3 is 3.05 bits per heavy atom. The fraction of sp³-hybridized carbons (Fsp3) is 0.571. The van der Waals surface area contributed by atoms with Crippen molar-refractivity contribution in [2.45, 2.75) is 26.8 Å². The van der Waals surface area contributed by atoms with E-state index in [4.69, 9.17) is 11.6 Å². The first-order valence-corrected chi connectivity index (χ1v) is 8.01. The maximum Gasteiger partial charge on any atom is 0.145 e. The predicted octanol–water partition coefficient (Wildman–Crippen LogP) is 3.82. The predicted molar refractivity (Wildman–Crippen MR) is 80.6 cm³/mol. The van der Waals surface area contributed by atoms with Crippen LogP contribution >= 0.6 is 22.9 Å². The number of nitrogens with zero attached hydrogens (tertiary/aromatic N) is 3. The monoisotopic (exact) mass is 295 g/mol. The van der Waals surface area contributed by atoms with Crippen molar-refractivity contribution in [2.75, 3.05) is 13.1 Å². The lowest BCUT2D eigenvalue weighted by molar-refractivity contribution is 0.291. The minimum atomic E-state index is 0.584. The fourth-order valence-corrected chi connectivity index (χ4v) is 3.77. The standard InChI is InChI=1S/C14H18ClN3S/c1-9(2)10-3-5-18(7-10)8-12-16-13(15)11-4-6-19-14(11)17-12/h4,6,9-10H,3,5,7-8H2,1-2H3. The van der Waals surface area contributed by atoms with Gasteiger partial charge in [-0.1, -0.05) is 25.4 Å². The SMILES string of the molecule is CC(C)C1CCN(Cc2nc(Cl)c3ccsc3n2)C1. The lowest BCUT2D eigenvalue weighted by Crippen LogP contribution is -2.22. The van der Waals surface area contributed by atoms with Crippen LogP contribution in [0.5, 0.6) is 0 Å². The number of likely N-dealkylation sites (tertiary alicyclic amines) is 1. The molecule has 1 aliphatic heterocycles. The van der Waals surface area contributed by atoms with Gasteiger partial charge < -0.3 is 0 Å². The third-order valence-corrected chi connectivity index (χ3v) is 5.04. The van der Waals surface area contributed by atoms with Crippen LogP contribution in [0.4, 0.5) is 0 Å². The summed E-state index contributed by atoms with van der Waals surface area (Å²) >= 11 is 7.83. The first-order chi connectivity index (χ1) is 9.13. The van der Waals surface area contributed by atoms with Gasteiger partial charge in [-0.2, -0.15) is 0 Å². The second kappa shape index (κ2) is 5.35. The van der Waals surface area contributed by atoms with Gasteiger partial charge in [0.25, 0.3) is 0 Å². The Kier molecular flexibility index (Phi) is 3.74. The first kappa shape index (κ1) is 13.3. The lowest BCUT2D eigenvalue weighted by atomic mass is 9.95. The van der Waals surface area contributed by atoms with E-state index in [1.807, 2.05) is 11.4 Å². The summed E-state index contributed by atoms with van der Waals surface area (Å²) in [7, 11) is 0. The highest BCUT2D eigenvalue weighted by Crippen LogP contribution is 2.27. The average molecular weight is 296 g/mol. The van der Waals surface area contributed by atoms with Gasteiger partial charge in [-0.15, -0.1) is 11.3 Å². The van der Waals surface area contributed by atoms with Crippen molar-refractivity contribution < 1.29 is 0 Å². The Hall–Kier alpha value is -0.710. The molecule has 0 bridgehead atoms. The summed E-state index contributed by atoms with van der Waals surface area (Å²) in [5.41, 5.74) is 0.